The van der Waals surface area contributed by atoms with E-state index in [-0.39, 0.29) is 0 Å². The second-order valence-electron chi connectivity index (χ2n) is 6.76. The first-order valence-corrected chi connectivity index (χ1v) is 8.24. The quantitative estimate of drug-likeness (QED) is 0.812. The predicted octanol–water partition coefficient (Wildman–Crippen LogP) is 5.33. The second kappa shape index (κ2) is 5.82. The highest BCUT2D eigenvalue weighted by molar-refractivity contribution is 5.92. The largest absolute Gasteiger partial charge is 0.376 e. The van der Waals surface area contributed by atoms with Gasteiger partial charge in [0, 0.05) is 5.57 Å². The number of hydrogen-bond acceptors (Lipinski definition) is 1. The minimum atomic E-state index is -1.01. The second-order valence-corrected chi connectivity index (χ2v) is 6.76. The van der Waals surface area contributed by atoms with E-state index in [0.717, 1.165) is 22.3 Å². The van der Waals surface area contributed by atoms with Crippen LogP contribution in [-0.4, -0.2) is 5.11 Å². The Morgan fingerprint density at radius 3 is 1.87 bits per heavy atom. The van der Waals surface area contributed by atoms with Gasteiger partial charge in [0.1, 0.15) is 5.60 Å². The van der Waals surface area contributed by atoms with Crippen LogP contribution in [0.25, 0.3) is 5.57 Å². The number of allylic oxidation sites excluding steroid dienone is 1. The molecule has 0 saturated heterocycles. The normalized spacial score (nSPS) is 20.7. The zero-order valence-corrected chi connectivity index (χ0v) is 14.3. The van der Waals surface area contributed by atoms with Crippen LogP contribution >= 0.6 is 0 Å². The molecule has 0 bridgehead atoms. The fraction of sp³-hybridized carbons (Fsp3) is 0.273. The highest BCUT2D eigenvalue weighted by Gasteiger charge is 2.51. The Bertz CT molecular complexity index is 762. The van der Waals surface area contributed by atoms with E-state index in [4.69, 9.17) is 0 Å². The molecule has 0 spiro atoms. The molecule has 1 heteroatoms. The Labute approximate surface area is 139 Å². The molecule has 118 valence electrons. The summed E-state index contributed by atoms with van der Waals surface area (Å²) >= 11 is 0. The molecule has 1 unspecified atom stereocenters. The van der Waals surface area contributed by atoms with Crippen molar-refractivity contribution in [3.05, 3.63) is 88.5 Å². The number of rotatable bonds is 3. The zero-order valence-electron chi connectivity index (χ0n) is 14.3. The molecule has 0 aliphatic heterocycles. The monoisotopic (exact) mass is 304 g/mol. The molecule has 23 heavy (non-hydrogen) atoms. The molecular weight excluding hydrogens is 280 g/mol. The van der Waals surface area contributed by atoms with Gasteiger partial charge in [-0.2, -0.15) is 0 Å². The summed E-state index contributed by atoms with van der Waals surface area (Å²) < 4.78 is 0. The molecule has 2 aromatic rings. The fourth-order valence-electron chi connectivity index (χ4n) is 3.72. The minimum Gasteiger partial charge on any atom is -0.376 e. The summed E-state index contributed by atoms with van der Waals surface area (Å²) in [5.74, 6) is 0.374. The Balaban J connectivity index is 2.32. The van der Waals surface area contributed by atoms with Gasteiger partial charge in [-0.05, 0) is 42.0 Å². The van der Waals surface area contributed by atoms with E-state index in [1.807, 2.05) is 48.5 Å². The van der Waals surface area contributed by atoms with Crippen LogP contribution in [0.5, 0.6) is 0 Å². The first-order valence-electron chi connectivity index (χ1n) is 8.24. The van der Waals surface area contributed by atoms with Crippen LogP contribution in [0.2, 0.25) is 0 Å². The average Bonchev–Trinajstić information content (AvgIpc) is 2.53. The van der Waals surface area contributed by atoms with Crippen molar-refractivity contribution in [1.82, 2.24) is 0 Å². The highest BCUT2D eigenvalue weighted by atomic mass is 16.3. The van der Waals surface area contributed by atoms with E-state index in [0.29, 0.717) is 5.92 Å². The van der Waals surface area contributed by atoms with Gasteiger partial charge in [0.15, 0.2) is 0 Å². The minimum absolute atomic E-state index is 0.374. The lowest BCUT2D eigenvalue weighted by Gasteiger charge is -2.48. The van der Waals surface area contributed by atoms with Crippen LogP contribution < -0.4 is 0 Å². The molecule has 0 radical (unpaired) electrons. The third kappa shape index (κ3) is 2.36. The third-order valence-corrected chi connectivity index (χ3v) is 4.59. The van der Waals surface area contributed by atoms with E-state index >= 15 is 0 Å². The van der Waals surface area contributed by atoms with E-state index in [1.165, 1.54) is 11.1 Å². The summed E-state index contributed by atoms with van der Waals surface area (Å²) in [6, 6.07) is 20.3. The SMILES string of the molecule is CC(C)=C1C(C(C)C)=C(c2ccccc2)C1(O)c1ccccc1. The topological polar surface area (TPSA) is 20.2 Å². The van der Waals surface area contributed by atoms with Gasteiger partial charge in [-0.1, -0.05) is 80.1 Å². The Morgan fingerprint density at radius 1 is 0.870 bits per heavy atom. The van der Waals surface area contributed by atoms with Gasteiger partial charge >= 0.3 is 0 Å². The van der Waals surface area contributed by atoms with Gasteiger partial charge in [-0.3, -0.25) is 0 Å². The van der Waals surface area contributed by atoms with Gasteiger partial charge in [0.2, 0.25) is 0 Å². The molecule has 2 aromatic carbocycles. The van der Waals surface area contributed by atoms with Gasteiger partial charge in [0.25, 0.3) is 0 Å². The van der Waals surface area contributed by atoms with Crippen molar-refractivity contribution in [1.29, 1.82) is 0 Å². The maximum atomic E-state index is 11.7. The van der Waals surface area contributed by atoms with Crippen molar-refractivity contribution in [2.24, 2.45) is 5.92 Å². The summed E-state index contributed by atoms with van der Waals surface area (Å²) in [5.41, 5.74) is 5.63. The lowest BCUT2D eigenvalue weighted by molar-refractivity contribution is 0.125. The Morgan fingerprint density at radius 2 is 1.39 bits per heavy atom. The van der Waals surface area contributed by atoms with Crippen LogP contribution in [0.3, 0.4) is 0 Å². The number of hydrogen-bond donors (Lipinski definition) is 1. The molecule has 0 saturated carbocycles. The van der Waals surface area contributed by atoms with Crippen LogP contribution in [0, 0.1) is 5.92 Å². The maximum absolute atomic E-state index is 11.7. The van der Waals surface area contributed by atoms with E-state index < -0.39 is 5.60 Å². The standard InChI is InChI=1S/C22H24O/c1-15(2)19-20(16(3)4)22(23,18-13-9-6-10-14-18)21(19)17-11-7-5-8-12-17/h5-15,23H,1-4H3. The molecule has 0 aromatic heterocycles. The molecule has 1 atom stereocenters. The van der Waals surface area contributed by atoms with Crippen molar-refractivity contribution < 1.29 is 5.11 Å². The Hall–Kier alpha value is -2.12. The summed E-state index contributed by atoms with van der Waals surface area (Å²) in [4.78, 5) is 0. The van der Waals surface area contributed by atoms with E-state index in [2.05, 4.69) is 39.8 Å². The van der Waals surface area contributed by atoms with Crippen LogP contribution in [0.15, 0.2) is 77.4 Å². The molecule has 1 nitrogen and oxygen atoms in total. The van der Waals surface area contributed by atoms with Gasteiger partial charge in [-0.15, -0.1) is 0 Å². The van der Waals surface area contributed by atoms with Gasteiger partial charge < -0.3 is 5.11 Å². The van der Waals surface area contributed by atoms with Crippen molar-refractivity contribution in [3.63, 3.8) is 0 Å². The average molecular weight is 304 g/mol. The predicted molar refractivity (Wildman–Crippen MR) is 96.9 cm³/mol. The van der Waals surface area contributed by atoms with Crippen LogP contribution in [-0.2, 0) is 5.60 Å². The molecule has 0 heterocycles. The van der Waals surface area contributed by atoms with Crippen molar-refractivity contribution in [2.45, 2.75) is 33.3 Å². The molecule has 1 aliphatic rings. The van der Waals surface area contributed by atoms with Crippen LogP contribution in [0.1, 0.15) is 38.8 Å². The Kier molecular flexibility index (Phi) is 3.99. The lowest BCUT2D eigenvalue weighted by atomic mass is 9.59. The van der Waals surface area contributed by atoms with Crippen molar-refractivity contribution in [2.75, 3.05) is 0 Å². The molecule has 3 rings (SSSR count). The maximum Gasteiger partial charge on any atom is 0.141 e. The first-order chi connectivity index (χ1) is 11.0. The smallest absolute Gasteiger partial charge is 0.141 e. The number of benzene rings is 2. The van der Waals surface area contributed by atoms with E-state index in [9.17, 15) is 5.11 Å². The molecular formula is C22H24O. The van der Waals surface area contributed by atoms with Crippen molar-refractivity contribution >= 4 is 5.57 Å². The number of aliphatic hydroxyl groups is 1. The fourth-order valence-corrected chi connectivity index (χ4v) is 3.72. The highest BCUT2D eigenvalue weighted by Crippen LogP contribution is 2.58. The van der Waals surface area contributed by atoms with Gasteiger partial charge in [-0.25, -0.2) is 0 Å². The van der Waals surface area contributed by atoms with E-state index in [1.54, 1.807) is 0 Å². The summed E-state index contributed by atoms with van der Waals surface area (Å²) in [6.07, 6.45) is 0. The zero-order chi connectivity index (χ0) is 16.6. The summed E-state index contributed by atoms with van der Waals surface area (Å²) in [5, 5.41) is 11.7. The third-order valence-electron chi connectivity index (χ3n) is 4.59. The summed E-state index contributed by atoms with van der Waals surface area (Å²) in [7, 11) is 0. The molecule has 1 N–H and O–H groups in total. The molecule has 0 amide bonds. The lowest BCUT2D eigenvalue weighted by Crippen LogP contribution is -2.42. The summed E-state index contributed by atoms with van der Waals surface area (Å²) in [6.45, 7) is 8.58. The molecule has 0 fully saturated rings. The van der Waals surface area contributed by atoms with Crippen molar-refractivity contribution in [3.8, 4) is 0 Å². The molecule has 1 aliphatic carbocycles. The van der Waals surface area contributed by atoms with Gasteiger partial charge in [0.05, 0.1) is 0 Å². The van der Waals surface area contributed by atoms with Crippen LogP contribution in [0.4, 0.5) is 0 Å². The first kappa shape index (κ1) is 15.8.